The largest absolute Gasteiger partial charge is 0.477 e. The summed E-state index contributed by atoms with van der Waals surface area (Å²) in [5, 5.41) is 9.65. The van der Waals surface area contributed by atoms with Gasteiger partial charge in [0, 0.05) is 12.8 Å². The van der Waals surface area contributed by atoms with E-state index in [2.05, 4.69) is 26.0 Å². The third-order valence-corrected chi connectivity index (χ3v) is 12.5. The fraction of sp³-hybridized carbons (Fsp3) is 0.911. The fourth-order valence-corrected chi connectivity index (χ4v) is 8.19. The van der Waals surface area contributed by atoms with Gasteiger partial charge in [0.15, 0.2) is 6.10 Å². The summed E-state index contributed by atoms with van der Waals surface area (Å²) in [5.74, 6) is -1.99. The van der Waals surface area contributed by atoms with Crippen LogP contribution in [0.5, 0.6) is 0 Å². The van der Waals surface area contributed by atoms with Crippen LogP contribution in [-0.2, 0) is 33.3 Å². The first-order valence-corrected chi connectivity index (χ1v) is 27.9. The van der Waals surface area contributed by atoms with Gasteiger partial charge in [-0.05, 0) is 38.5 Å². The van der Waals surface area contributed by atoms with E-state index >= 15 is 0 Å². The van der Waals surface area contributed by atoms with Crippen LogP contribution in [0.3, 0.4) is 0 Å². The number of esters is 2. The van der Waals surface area contributed by atoms with Crippen molar-refractivity contribution in [3.05, 3.63) is 12.2 Å². The van der Waals surface area contributed by atoms with Gasteiger partial charge < -0.3 is 28.5 Å². The zero-order valence-electron chi connectivity index (χ0n) is 43.7. The zero-order chi connectivity index (χ0) is 47.7. The summed E-state index contributed by atoms with van der Waals surface area (Å²) in [6, 6.07) is 0. The van der Waals surface area contributed by atoms with E-state index in [1.165, 1.54) is 205 Å². The van der Waals surface area contributed by atoms with Crippen LogP contribution in [-0.4, -0.2) is 87.4 Å². The molecule has 0 aromatic carbocycles. The van der Waals surface area contributed by atoms with Crippen LogP contribution in [0.1, 0.15) is 271 Å². The second-order valence-electron chi connectivity index (χ2n) is 20.3. The molecule has 9 nitrogen and oxygen atoms in total. The molecule has 65 heavy (non-hydrogen) atoms. The number of aliphatic carboxylic acids is 1. The van der Waals surface area contributed by atoms with Crippen molar-refractivity contribution >= 4 is 17.9 Å². The highest BCUT2D eigenvalue weighted by Crippen LogP contribution is 2.17. The molecule has 0 spiro atoms. The minimum Gasteiger partial charge on any atom is -0.477 e. The lowest BCUT2D eigenvalue weighted by Gasteiger charge is -2.25. The topological polar surface area (TPSA) is 108 Å². The standard InChI is InChI=1S/C56H107NO8/c1-6-8-10-12-14-16-17-18-19-20-21-22-23-24-25-26-27-28-29-30-31-32-33-34-35-36-37-39-41-43-45-47-54(59)65-52(51-64-56(55(60)61)62-49-48-57(3,4)5)50-63-53(58)46-44-42-40-38-15-13-11-9-7-2/h20-21,52,56H,6-19,22-51H2,1-5H3/p+1/b21-20-. The Morgan fingerprint density at radius 2 is 0.785 bits per heavy atom. The van der Waals surface area contributed by atoms with E-state index in [0.29, 0.717) is 17.4 Å². The van der Waals surface area contributed by atoms with E-state index < -0.39 is 18.4 Å². The summed E-state index contributed by atoms with van der Waals surface area (Å²) >= 11 is 0. The monoisotopic (exact) mass is 923 g/mol. The molecule has 0 rings (SSSR count). The highest BCUT2D eigenvalue weighted by atomic mass is 16.7. The van der Waals surface area contributed by atoms with E-state index in [4.69, 9.17) is 18.9 Å². The van der Waals surface area contributed by atoms with Crippen molar-refractivity contribution in [2.24, 2.45) is 0 Å². The lowest BCUT2D eigenvalue weighted by Crippen LogP contribution is -2.40. The molecule has 2 unspecified atom stereocenters. The SMILES string of the molecule is CCCCCCCCCC/C=C\CCCCCCCCCCCCCCCCCCCCCC(=O)OC(COC(=O)CCCCCCCCCCC)COC(OCC[N+](C)(C)C)C(=O)O. The minimum atomic E-state index is -1.50. The number of carbonyl (C=O) groups is 3. The summed E-state index contributed by atoms with van der Waals surface area (Å²) in [6.07, 6.45) is 51.7. The van der Waals surface area contributed by atoms with Crippen LogP contribution in [0.2, 0.25) is 0 Å². The summed E-state index contributed by atoms with van der Waals surface area (Å²) < 4.78 is 22.8. The predicted octanol–water partition coefficient (Wildman–Crippen LogP) is 15.8. The molecule has 0 aromatic rings. The van der Waals surface area contributed by atoms with Gasteiger partial charge in [-0.1, -0.05) is 231 Å². The van der Waals surface area contributed by atoms with Gasteiger partial charge in [0.1, 0.15) is 13.2 Å². The molecule has 1 N–H and O–H groups in total. The number of carboxylic acid groups (broad SMARTS) is 1. The average Bonchev–Trinajstić information content (AvgIpc) is 3.27. The lowest BCUT2D eigenvalue weighted by molar-refractivity contribution is -0.870. The van der Waals surface area contributed by atoms with Gasteiger partial charge in [0.25, 0.3) is 6.29 Å². The number of nitrogens with zero attached hydrogens (tertiary/aromatic N) is 1. The number of allylic oxidation sites excluding steroid dienone is 2. The Bertz CT molecular complexity index is 1070. The van der Waals surface area contributed by atoms with Crippen LogP contribution < -0.4 is 0 Å². The molecular formula is C56H108NO8+. The van der Waals surface area contributed by atoms with E-state index in [1.807, 2.05) is 21.1 Å². The minimum absolute atomic E-state index is 0.175. The first-order valence-electron chi connectivity index (χ1n) is 27.9. The van der Waals surface area contributed by atoms with Crippen molar-refractivity contribution in [3.8, 4) is 0 Å². The number of quaternary nitrogens is 1. The molecule has 9 heteroatoms. The molecule has 0 saturated carbocycles. The van der Waals surface area contributed by atoms with Crippen molar-refractivity contribution in [2.75, 3.05) is 47.5 Å². The fourth-order valence-electron chi connectivity index (χ4n) is 8.19. The molecule has 0 radical (unpaired) electrons. The van der Waals surface area contributed by atoms with Gasteiger partial charge in [0.05, 0.1) is 34.4 Å². The molecule has 0 aliphatic carbocycles. The maximum Gasteiger partial charge on any atom is 0.361 e. The molecule has 0 aliphatic heterocycles. The number of rotatable bonds is 52. The van der Waals surface area contributed by atoms with Gasteiger partial charge in [-0.25, -0.2) is 4.79 Å². The van der Waals surface area contributed by atoms with E-state index in [1.54, 1.807) is 0 Å². The number of hydrogen-bond acceptors (Lipinski definition) is 7. The molecule has 0 aliphatic rings. The maximum absolute atomic E-state index is 12.8. The van der Waals surface area contributed by atoms with Crippen molar-refractivity contribution < 1.29 is 42.9 Å². The Kier molecular flexibility index (Phi) is 47.0. The predicted molar refractivity (Wildman–Crippen MR) is 272 cm³/mol. The summed E-state index contributed by atoms with van der Waals surface area (Å²) in [6.45, 7) is 4.89. The Hall–Kier alpha value is -1.97. The first kappa shape index (κ1) is 63.0. The van der Waals surface area contributed by atoms with Crippen LogP contribution in [0.15, 0.2) is 12.2 Å². The van der Waals surface area contributed by atoms with Crippen molar-refractivity contribution in [1.29, 1.82) is 0 Å². The van der Waals surface area contributed by atoms with Gasteiger partial charge in [-0.2, -0.15) is 0 Å². The van der Waals surface area contributed by atoms with Crippen LogP contribution in [0, 0.1) is 0 Å². The second-order valence-corrected chi connectivity index (χ2v) is 20.3. The van der Waals surface area contributed by atoms with E-state index in [-0.39, 0.29) is 38.2 Å². The molecule has 0 amide bonds. The molecule has 0 fully saturated rings. The molecular weight excluding hydrogens is 815 g/mol. The number of ether oxygens (including phenoxy) is 4. The maximum atomic E-state index is 12.8. The van der Waals surface area contributed by atoms with Crippen LogP contribution in [0.4, 0.5) is 0 Å². The average molecular weight is 923 g/mol. The summed E-state index contributed by atoms with van der Waals surface area (Å²) in [7, 11) is 5.97. The Balaban J connectivity index is 4.00. The van der Waals surface area contributed by atoms with Crippen molar-refractivity contribution in [1.82, 2.24) is 0 Å². The van der Waals surface area contributed by atoms with Gasteiger partial charge >= 0.3 is 17.9 Å². The highest BCUT2D eigenvalue weighted by Gasteiger charge is 2.25. The molecule has 0 aromatic heterocycles. The third-order valence-electron chi connectivity index (χ3n) is 12.5. The Labute approximate surface area is 402 Å². The van der Waals surface area contributed by atoms with E-state index in [9.17, 15) is 19.5 Å². The van der Waals surface area contributed by atoms with Gasteiger partial charge in [-0.3, -0.25) is 9.59 Å². The smallest absolute Gasteiger partial charge is 0.361 e. The quantitative estimate of drug-likeness (QED) is 0.0211. The number of unbranched alkanes of at least 4 members (excludes halogenated alkanes) is 35. The van der Waals surface area contributed by atoms with Crippen LogP contribution >= 0.6 is 0 Å². The third kappa shape index (κ3) is 49.8. The Morgan fingerprint density at radius 3 is 1.14 bits per heavy atom. The van der Waals surface area contributed by atoms with E-state index in [0.717, 1.165) is 38.5 Å². The normalized spacial score (nSPS) is 12.8. The molecule has 0 saturated heterocycles. The van der Waals surface area contributed by atoms with Crippen LogP contribution in [0.25, 0.3) is 0 Å². The lowest BCUT2D eigenvalue weighted by atomic mass is 10.0. The number of likely N-dealkylation sites (N-methyl/N-ethyl adjacent to an activating group) is 1. The van der Waals surface area contributed by atoms with Gasteiger partial charge in [-0.15, -0.1) is 0 Å². The molecule has 384 valence electrons. The summed E-state index contributed by atoms with van der Waals surface area (Å²) in [4.78, 5) is 37.1. The first-order chi connectivity index (χ1) is 31.6. The highest BCUT2D eigenvalue weighted by molar-refractivity contribution is 5.71. The molecule has 0 heterocycles. The van der Waals surface area contributed by atoms with Crippen molar-refractivity contribution in [2.45, 2.75) is 283 Å². The number of carbonyl (C=O) groups excluding carboxylic acids is 2. The number of carboxylic acids is 1. The second kappa shape index (κ2) is 48.5. The molecule has 2 atom stereocenters. The summed E-state index contributed by atoms with van der Waals surface area (Å²) in [5.41, 5.74) is 0. The number of hydrogen-bond donors (Lipinski definition) is 1. The Morgan fingerprint density at radius 1 is 0.446 bits per heavy atom. The van der Waals surface area contributed by atoms with Crippen molar-refractivity contribution in [3.63, 3.8) is 0 Å². The zero-order valence-corrected chi connectivity index (χ0v) is 43.7. The molecule has 0 bridgehead atoms. The van der Waals surface area contributed by atoms with Gasteiger partial charge in [0.2, 0.25) is 0 Å².